The first kappa shape index (κ1) is 16.6. The van der Waals surface area contributed by atoms with Gasteiger partial charge in [0.15, 0.2) is 0 Å². The number of amides is 1. The van der Waals surface area contributed by atoms with Gasteiger partial charge in [0.1, 0.15) is 23.0 Å². The highest BCUT2D eigenvalue weighted by atomic mass is 16.5. The molecule has 4 rings (SSSR count). The fourth-order valence-corrected chi connectivity index (χ4v) is 3.54. The molecule has 0 radical (unpaired) electrons. The molecular formula is C20H21NO5. The van der Waals surface area contributed by atoms with Gasteiger partial charge >= 0.3 is 0 Å². The van der Waals surface area contributed by atoms with Crippen molar-refractivity contribution >= 4 is 11.6 Å². The molecule has 0 spiro atoms. The molecule has 0 aromatic heterocycles. The van der Waals surface area contributed by atoms with Gasteiger partial charge in [-0.3, -0.25) is 4.79 Å². The molecule has 6 heteroatoms. The van der Waals surface area contributed by atoms with Crippen LogP contribution in [0.5, 0.6) is 23.0 Å². The van der Waals surface area contributed by atoms with Crippen LogP contribution in [0.3, 0.4) is 0 Å². The van der Waals surface area contributed by atoms with E-state index >= 15 is 0 Å². The third kappa shape index (κ3) is 2.92. The van der Waals surface area contributed by atoms with Crippen molar-refractivity contribution in [2.75, 3.05) is 32.8 Å². The minimum absolute atomic E-state index is 0.130. The summed E-state index contributed by atoms with van der Waals surface area (Å²) in [5, 5.41) is 2.93. The highest BCUT2D eigenvalue weighted by molar-refractivity contribution is 5.94. The molecule has 0 saturated carbocycles. The van der Waals surface area contributed by atoms with Crippen LogP contribution in [0, 0.1) is 0 Å². The van der Waals surface area contributed by atoms with Crippen LogP contribution in [0.4, 0.5) is 5.69 Å². The van der Waals surface area contributed by atoms with E-state index in [4.69, 9.17) is 18.9 Å². The van der Waals surface area contributed by atoms with Gasteiger partial charge in [0, 0.05) is 35.6 Å². The average Bonchev–Trinajstić information content (AvgIpc) is 3.30. The average molecular weight is 355 g/mol. The molecule has 1 amide bonds. The first-order valence-electron chi connectivity index (χ1n) is 8.64. The number of fused-ring (bicyclic) bond motifs is 2. The summed E-state index contributed by atoms with van der Waals surface area (Å²) in [5.74, 6) is 2.84. The normalized spacial score (nSPS) is 14.1. The van der Waals surface area contributed by atoms with E-state index in [2.05, 4.69) is 11.4 Å². The number of hydrogen-bond acceptors (Lipinski definition) is 5. The lowest BCUT2D eigenvalue weighted by molar-refractivity contribution is -0.115. The minimum Gasteiger partial charge on any atom is -0.497 e. The van der Waals surface area contributed by atoms with Crippen LogP contribution in [-0.4, -0.2) is 33.3 Å². The molecule has 2 aliphatic rings. The number of hydrogen-bond donors (Lipinski definition) is 1. The minimum atomic E-state index is -0.130. The second kappa shape index (κ2) is 6.78. The smallest absolute Gasteiger partial charge is 0.229 e. The third-order valence-electron chi connectivity index (χ3n) is 4.78. The number of ether oxygens (including phenoxy) is 4. The lowest BCUT2D eigenvalue weighted by Crippen LogP contribution is -2.16. The van der Waals surface area contributed by atoms with Crippen molar-refractivity contribution in [1.29, 1.82) is 0 Å². The lowest BCUT2D eigenvalue weighted by atomic mass is 9.97. The van der Waals surface area contributed by atoms with Gasteiger partial charge in [0.2, 0.25) is 5.91 Å². The molecule has 2 aromatic carbocycles. The van der Waals surface area contributed by atoms with Crippen molar-refractivity contribution in [1.82, 2.24) is 0 Å². The first-order valence-corrected chi connectivity index (χ1v) is 8.64. The number of carbonyl (C=O) groups is 1. The van der Waals surface area contributed by atoms with Crippen LogP contribution >= 0.6 is 0 Å². The molecule has 6 nitrogen and oxygen atoms in total. The molecular weight excluding hydrogens is 334 g/mol. The maximum Gasteiger partial charge on any atom is 0.229 e. The van der Waals surface area contributed by atoms with Gasteiger partial charge in [-0.1, -0.05) is 0 Å². The van der Waals surface area contributed by atoms with Crippen LogP contribution in [0.25, 0.3) is 0 Å². The van der Waals surface area contributed by atoms with E-state index < -0.39 is 0 Å². The van der Waals surface area contributed by atoms with E-state index in [-0.39, 0.29) is 12.3 Å². The molecule has 0 unspecified atom stereocenters. The van der Waals surface area contributed by atoms with E-state index in [1.54, 1.807) is 32.4 Å². The Hall–Kier alpha value is -2.89. The van der Waals surface area contributed by atoms with E-state index in [1.165, 1.54) is 0 Å². The van der Waals surface area contributed by atoms with Gasteiger partial charge in [-0.15, -0.1) is 0 Å². The number of carbonyl (C=O) groups excluding carboxylic acids is 1. The van der Waals surface area contributed by atoms with Crippen molar-refractivity contribution in [3.8, 4) is 23.0 Å². The Bertz CT molecular complexity index is 830. The van der Waals surface area contributed by atoms with Crippen LogP contribution in [-0.2, 0) is 24.1 Å². The predicted molar refractivity (Wildman–Crippen MR) is 96.7 cm³/mol. The summed E-state index contributed by atoms with van der Waals surface area (Å²) in [6, 6.07) is 7.35. The molecule has 2 heterocycles. The molecule has 1 N–H and O–H groups in total. The Morgan fingerprint density at radius 3 is 2.77 bits per heavy atom. The number of rotatable bonds is 5. The van der Waals surface area contributed by atoms with Crippen LogP contribution in [0.2, 0.25) is 0 Å². The van der Waals surface area contributed by atoms with Crippen molar-refractivity contribution in [2.24, 2.45) is 0 Å². The van der Waals surface area contributed by atoms with Gasteiger partial charge in [-0.05, 0) is 18.2 Å². The number of nitrogens with one attached hydrogen (secondary N) is 1. The van der Waals surface area contributed by atoms with Crippen LogP contribution < -0.4 is 24.3 Å². The highest BCUT2D eigenvalue weighted by Crippen LogP contribution is 2.41. The van der Waals surface area contributed by atoms with Gasteiger partial charge in [0.05, 0.1) is 39.5 Å². The molecule has 0 bridgehead atoms. The van der Waals surface area contributed by atoms with Gasteiger partial charge < -0.3 is 24.3 Å². The van der Waals surface area contributed by atoms with E-state index in [9.17, 15) is 4.79 Å². The number of benzene rings is 2. The Morgan fingerprint density at radius 2 is 1.96 bits per heavy atom. The molecule has 2 aromatic rings. The second-order valence-corrected chi connectivity index (χ2v) is 6.31. The second-order valence-electron chi connectivity index (χ2n) is 6.31. The lowest BCUT2D eigenvalue weighted by Gasteiger charge is -2.14. The molecule has 0 saturated heterocycles. The largest absolute Gasteiger partial charge is 0.497 e. The maximum absolute atomic E-state index is 12.7. The Kier molecular flexibility index (Phi) is 4.32. The van der Waals surface area contributed by atoms with E-state index in [1.807, 2.05) is 0 Å². The molecule has 26 heavy (non-hydrogen) atoms. The Labute approximate surface area is 152 Å². The summed E-state index contributed by atoms with van der Waals surface area (Å²) in [4.78, 5) is 12.7. The summed E-state index contributed by atoms with van der Waals surface area (Å²) in [7, 11) is 3.15. The maximum atomic E-state index is 12.7. The van der Waals surface area contributed by atoms with Crippen molar-refractivity contribution < 1.29 is 23.7 Å². The van der Waals surface area contributed by atoms with Crippen LogP contribution in [0.15, 0.2) is 24.3 Å². The molecule has 0 aliphatic carbocycles. The Morgan fingerprint density at radius 1 is 1.12 bits per heavy atom. The van der Waals surface area contributed by atoms with E-state index in [0.29, 0.717) is 30.4 Å². The molecule has 0 atom stereocenters. The molecule has 2 aliphatic heterocycles. The fraction of sp³-hybridized carbons (Fsp3) is 0.350. The summed E-state index contributed by atoms with van der Waals surface area (Å²) < 4.78 is 22.1. The zero-order chi connectivity index (χ0) is 18.1. The van der Waals surface area contributed by atoms with Gasteiger partial charge in [-0.2, -0.15) is 0 Å². The topological polar surface area (TPSA) is 66.0 Å². The first-order chi connectivity index (χ1) is 12.7. The summed E-state index contributed by atoms with van der Waals surface area (Å²) in [6.45, 7) is 1.30. The van der Waals surface area contributed by atoms with Gasteiger partial charge in [-0.25, -0.2) is 0 Å². The van der Waals surface area contributed by atoms with Crippen molar-refractivity contribution in [3.63, 3.8) is 0 Å². The SMILES string of the molecule is COc1ccc(OC)c(NC(=O)Cc2c3c(cc4c2OCC4)OCC3)c1. The number of anilines is 1. The summed E-state index contributed by atoms with van der Waals surface area (Å²) in [6.07, 6.45) is 1.89. The zero-order valence-corrected chi connectivity index (χ0v) is 14.9. The van der Waals surface area contributed by atoms with Crippen molar-refractivity contribution in [3.05, 3.63) is 41.0 Å². The molecule has 136 valence electrons. The number of methoxy groups -OCH3 is 2. The Balaban J connectivity index is 1.60. The third-order valence-corrected chi connectivity index (χ3v) is 4.78. The van der Waals surface area contributed by atoms with Crippen molar-refractivity contribution in [2.45, 2.75) is 19.3 Å². The van der Waals surface area contributed by atoms with Crippen LogP contribution in [0.1, 0.15) is 16.7 Å². The zero-order valence-electron chi connectivity index (χ0n) is 14.9. The summed E-state index contributed by atoms with van der Waals surface area (Å²) in [5.41, 5.74) is 3.72. The molecule has 0 fully saturated rings. The monoisotopic (exact) mass is 355 g/mol. The fourth-order valence-electron chi connectivity index (χ4n) is 3.54. The standard InChI is InChI=1S/C20H21NO5/c1-23-13-3-4-17(24-2)16(10-13)21-19(22)11-15-14-6-8-25-18(14)9-12-5-7-26-20(12)15/h3-4,9-10H,5-8,11H2,1-2H3,(H,21,22). The van der Waals surface area contributed by atoms with E-state index in [0.717, 1.165) is 41.0 Å². The van der Waals surface area contributed by atoms with Gasteiger partial charge in [0.25, 0.3) is 0 Å². The predicted octanol–water partition coefficient (Wildman–Crippen LogP) is 2.75. The quantitative estimate of drug-likeness (QED) is 0.893. The highest BCUT2D eigenvalue weighted by Gasteiger charge is 2.27. The summed E-state index contributed by atoms with van der Waals surface area (Å²) >= 11 is 0.